The molecule has 0 aliphatic heterocycles. The van der Waals surface area contributed by atoms with E-state index in [0.717, 1.165) is 0 Å². The van der Waals surface area contributed by atoms with Gasteiger partial charge in [-0.2, -0.15) is 0 Å². The second-order valence-electron chi connectivity index (χ2n) is 1.67. The van der Waals surface area contributed by atoms with Crippen LogP contribution in [0.5, 0.6) is 0 Å². The second kappa shape index (κ2) is 22.6. The molecule has 0 amide bonds. The summed E-state index contributed by atoms with van der Waals surface area (Å²) in [6, 6.07) is 0. The van der Waals surface area contributed by atoms with E-state index < -0.39 is 0 Å². The molecular formula is C6H20N2O5. The van der Waals surface area contributed by atoms with Crippen molar-refractivity contribution in [1.82, 2.24) is 0 Å². The Kier molecular flexibility index (Phi) is 32.1. The Balaban J connectivity index is -0.000000309. The molecule has 0 radical (unpaired) electrons. The molecule has 0 saturated carbocycles. The lowest BCUT2D eigenvalue weighted by Crippen LogP contribution is -2.09. The minimum Gasteiger partial charge on any atom is -0.412 e. The van der Waals surface area contributed by atoms with Crippen LogP contribution < -0.4 is 11.7 Å². The molecule has 0 aromatic carbocycles. The van der Waals surface area contributed by atoms with Gasteiger partial charge in [-0.1, -0.05) is 0 Å². The predicted octanol–water partition coefficient (Wildman–Crippen LogP) is -3.00. The first-order valence-corrected chi connectivity index (χ1v) is 3.62. The fourth-order valence-corrected chi connectivity index (χ4v) is 0.451. The average Bonchev–Trinajstić information content (AvgIpc) is 2.15. The van der Waals surface area contributed by atoms with Crippen LogP contribution in [-0.2, 0) is 9.47 Å². The van der Waals surface area contributed by atoms with Crippen molar-refractivity contribution in [3.8, 4) is 0 Å². The van der Waals surface area contributed by atoms with E-state index in [1.54, 1.807) is 0 Å². The third kappa shape index (κ3) is 24.5. The SMILES string of the molecule is NN.O.OCCOCCOCCO. The molecule has 13 heavy (non-hydrogen) atoms. The smallest absolute Gasteiger partial charge is 0.0701 e. The van der Waals surface area contributed by atoms with Gasteiger partial charge < -0.3 is 25.2 Å². The molecule has 7 heteroatoms. The number of hydrazine groups is 1. The lowest BCUT2D eigenvalue weighted by molar-refractivity contribution is 0.0222. The maximum absolute atomic E-state index is 8.26. The molecule has 7 nitrogen and oxygen atoms in total. The van der Waals surface area contributed by atoms with E-state index in [1.165, 1.54) is 0 Å². The lowest BCUT2D eigenvalue weighted by atomic mass is 10.7. The van der Waals surface area contributed by atoms with Gasteiger partial charge in [-0.3, -0.25) is 11.7 Å². The van der Waals surface area contributed by atoms with Crippen molar-refractivity contribution in [2.24, 2.45) is 11.7 Å². The number of nitrogens with two attached hydrogens (primary N) is 2. The molecule has 0 atom stereocenters. The number of aliphatic hydroxyl groups is 2. The van der Waals surface area contributed by atoms with Crippen molar-refractivity contribution in [2.75, 3.05) is 39.6 Å². The zero-order valence-electron chi connectivity index (χ0n) is 7.61. The van der Waals surface area contributed by atoms with Gasteiger partial charge in [0.05, 0.1) is 39.6 Å². The minimum atomic E-state index is 0. The highest BCUT2D eigenvalue weighted by atomic mass is 16.5. The first kappa shape index (κ1) is 18.5. The molecule has 0 aromatic rings. The lowest BCUT2D eigenvalue weighted by Gasteiger charge is -2.01. The molecule has 0 spiro atoms. The quantitative estimate of drug-likeness (QED) is 0.196. The normalized spacial score (nSPS) is 8.31. The number of ether oxygens (including phenoxy) is 2. The summed E-state index contributed by atoms with van der Waals surface area (Å²) in [5.74, 6) is 8.00. The largest absolute Gasteiger partial charge is 0.412 e. The highest BCUT2D eigenvalue weighted by Crippen LogP contribution is 1.76. The van der Waals surface area contributed by atoms with Crippen molar-refractivity contribution < 1.29 is 25.2 Å². The summed E-state index contributed by atoms with van der Waals surface area (Å²) in [6.07, 6.45) is 0. The van der Waals surface area contributed by atoms with Gasteiger partial charge in [-0.05, 0) is 0 Å². The van der Waals surface area contributed by atoms with E-state index in [4.69, 9.17) is 19.7 Å². The molecule has 0 heterocycles. The van der Waals surface area contributed by atoms with Crippen molar-refractivity contribution in [1.29, 1.82) is 0 Å². The Labute approximate surface area is 77.5 Å². The van der Waals surface area contributed by atoms with Gasteiger partial charge in [0.15, 0.2) is 0 Å². The van der Waals surface area contributed by atoms with E-state index in [2.05, 4.69) is 11.7 Å². The van der Waals surface area contributed by atoms with Crippen molar-refractivity contribution >= 4 is 0 Å². The first-order valence-electron chi connectivity index (χ1n) is 3.62. The van der Waals surface area contributed by atoms with Gasteiger partial charge in [-0.25, -0.2) is 0 Å². The molecular weight excluding hydrogens is 180 g/mol. The molecule has 0 saturated heterocycles. The monoisotopic (exact) mass is 200 g/mol. The van der Waals surface area contributed by atoms with Crippen LogP contribution in [-0.4, -0.2) is 55.3 Å². The number of hydrogen-bond acceptors (Lipinski definition) is 6. The van der Waals surface area contributed by atoms with Crippen LogP contribution in [0.15, 0.2) is 0 Å². The Bertz CT molecular complexity index is 59.0. The topological polar surface area (TPSA) is 142 Å². The zero-order chi connectivity index (χ0) is 9.66. The van der Waals surface area contributed by atoms with Crippen LogP contribution in [0, 0.1) is 0 Å². The minimum absolute atomic E-state index is 0. The van der Waals surface area contributed by atoms with E-state index in [0.29, 0.717) is 26.4 Å². The van der Waals surface area contributed by atoms with E-state index in [-0.39, 0.29) is 18.7 Å². The van der Waals surface area contributed by atoms with Crippen LogP contribution in [0.4, 0.5) is 0 Å². The molecule has 8 N–H and O–H groups in total. The van der Waals surface area contributed by atoms with Gasteiger partial charge in [-0.15, -0.1) is 0 Å². The summed E-state index contributed by atoms with van der Waals surface area (Å²) >= 11 is 0. The van der Waals surface area contributed by atoms with Crippen molar-refractivity contribution in [2.45, 2.75) is 0 Å². The predicted molar refractivity (Wildman–Crippen MR) is 47.8 cm³/mol. The van der Waals surface area contributed by atoms with E-state index in [9.17, 15) is 0 Å². The Hall–Kier alpha value is -0.280. The summed E-state index contributed by atoms with van der Waals surface area (Å²) in [5.41, 5.74) is 0. The van der Waals surface area contributed by atoms with Crippen molar-refractivity contribution in [3.63, 3.8) is 0 Å². The first-order chi connectivity index (χ1) is 5.91. The summed E-state index contributed by atoms with van der Waals surface area (Å²) < 4.78 is 9.75. The second-order valence-corrected chi connectivity index (χ2v) is 1.67. The Morgan fingerprint density at radius 3 is 1.31 bits per heavy atom. The maximum Gasteiger partial charge on any atom is 0.0701 e. The van der Waals surface area contributed by atoms with Crippen LogP contribution in [0.25, 0.3) is 0 Å². The summed E-state index contributed by atoms with van der Waals surface area (Å²) in [5, 5.41) is 16.5. The highest BCUT2D eigenvalue weighted by molar-refractivity contribution is 4.30. The molecule has 0 rings (SSSR count). The maximum atomic E-state index is 8.26. The fraction of sp³-hybridized carbons (Fsp3) is 1.00. The van der Waals surface area contributed by atoms with Crippen LogP contribution in [0.3, 0.4) is 0 Å². The van der Waals surface area contributed by atoms with Crippen LogP contribution in [0.1, 0.15) is 0 Å². The average molecular weight is 200 g/mol. The van der Waals surface area contributed by atoms with E-state index in [1.807, 2.05) is 0 Å². The molecule has 0 aliphatic rings. The van der Waals surface area contributed by atoms with Gasteiger partial charge in [0.25, 0.3) is 0 Å². The molecule has 0 fully saturated rings. The van der Waals surface area contributed by atoms with Gasteiger partial charge in [0.2, 0.25) is 0 Å². The standard InChI is InChI=1S/C6H14O4.H4N2.H2O/c7-1-3-9-5-6-10-4-2-8;1-2;/h7-8H,1-6H2;1-2H2;1H2. The fourth-order valence-electron chi connectivity index (χ4n) is 0.451. The van der Waals surface area contributed by atoms with Crippen LogP contribution >= 0.6 is 0 Å². The Morgan fingerprint density at radius 1 is 0.769 bits per heavy atom. The van der Waals surface area contributed by atoms with Gasteiger partial charge in [0, 0.05) is 0 Å². The number of rotatable bonds is 7. The van der Waals surface area contributed by atoms with Crippen molar-refractivity contribution in [3.05, 3.63) is 0 Å². The molecule has 0 bridgehead atoms. The third-order valence-corrected chi connectivity index (χ3v) is 0.843. The molecule has 84 valence electrons. The third-order valence-electron chi connectivity index (χ3n) is 0.843. The molecule has 0 aromatic heterocycles. The highest BCUT2D eigenvalue weighted by Gasteiger charge is 1.86. The number of hydrogen-bond donors (Lipinski definition) is 4. The Morgan fingerprint density at radius 2 is 1.08 bits per heavy atom. The number of aliphatic hydroxyl groups excluding tert-OH is 2. The van der Waals surface area contributed by atoms with Crippen LogP contribution in [0.2, 0.25) is 0 Å². The van der Waals surface area contributed by atoms with E-state index >= 15 is 0 Å². The van der Waals surface area contributed by atoms with Gasteiger partial charge >= 0.3 is 0 Å². The molecule has 0 aliphatic carbocycles. The zero-order valence-corrected chi connectivity index (χ0v) is 7.61. The molecule has 0 unspecified atom stereocenters. The van der Waals surface area contributed by atoms with Gasteiger partial charge in [0.1, 0.15) is 0 Å². The summed E-state index contributed by atoms with van der Waals surface area (Å²) in [4.78, 5) is 0. The summed E-state index contributed by atoms with van der Waals surface area (Å²) in [7, 11) is 0. The summed E-state index contributed by atoms with van der Waals surface area (Å²) in [6.45, 7) is 1.73.